The van der Waals surface area contributed by atoms with Gasteiger partial charge in [0, 0.05) is 38.4 Å². The monoisotopic (exact) mass is 267 g/mol. The van der Waals surface area contributed by atoms with Crippen molar-refractivity contribution in [3.63, 3.8) is 0 Å². The molecule has 0 aliphatic heterocycles. The molecule has 1 aromatic heterocycles. The van der Waals surface area contributed by atoms with Gasteiger partial charge in [-0.25, -0.2) is 0 Å². The molecule has 4 nitrogen and oxygen atoms in total. The molecule has 2 unspecified atom stereocenters. The van der Waals surface area contributed by atoms with Crippen LogP contribution >= 0.6 is 0 Å². The summed E-state index contributed by atoms with van der Waals surface area (Å²) in [6, 6.07) is 3.04. The van der Waals surface area contributed by atoms with E-state index in [2.05, 4.69) is 50.4 Å². The lowest BCUT2D eigenvalue weighted by atomic mass is 9.99. The first-order valence-corrected chi connectivity index (χ1v) is 7.33. The maximum atomic E-state index is 5.22. The Hall–Kier alpha value is -0.870. The van der Waals surface area contributed by atoms with Gasteiger partial charge in [0.25, 0.3) is 0 Å². The number of ether oxygens (including phenoxy) is 1. The number of likely N-dealkylation sites (N-methyl/N-ethyl adjacent to an activating group) is 1. The van der Waals surface area contributed by atoms with Gasteiger partial charge in [-0.2, -0.15) is 5.10 Å². The highest BCUT2D eigenvalue weighted by molar-refractivity contribution is 5.02. The van der Waals surface area contributed by atoms with Crippen molar-refractivity contribution in [1.82, 2.24) is 15.1 Å². The van der Waals surface area contributed by atoms with E-state index in [4.69, 9.17) is 4.74 Å². The molecule has 0 saturated carbocycles. The summed E-state index contributed by atoms with van der Waals surface area (Å²) in [6.45, 7) is 10.5. The van der Waals surface area contributed by atoms with Crippen LogP contribution in [0.5, 0.6) is 0 Å². The Morgan fingerprint density at radius 2 is 2.11 bits per heavy atom. The van der Waals surface area contributed by atoms with Gasteiger partial charge >= 0.3 is 0 Å². The maximum absolute atomic E-state index is 5.22. The number of aromatic nitrogens is 2. The third-order valence-electron chi connectivity index (χ3n) is 3.28. The minimum atomic E-state index is 0.429. The van der Waals surface area contributed by atoms with Crippen molar-refractivity contribution in [3.8, 4) is 0 Å². The molecule has 1 aromatic rings. The van der Waals surface area contributed by atoms with Gasteiger partial charge in [-0.3, -0.25) is 4.68 Å². The standard InChI is InChI=1S/C15H29N3O/c1-6-16-15(9-13(4)11-19-5)10-14-7-8-18(17-14)12(2)3/h7-8,12-13,15-16H,6,9-11H2,1-5H3. The number of hydrogen-bond acceptors (Lipinski definition) is 3. The zero-order valence-corrected chi connectivity index (χ0v) is 13.0. The molecule has 19 heavy (non-hydrogen) atoms. The molecule has 110 valence electrons. The van der Waals surface area contributed by atoms with Crippen LogP contribution in [-0.4, -0.2) is 36.1 Å². The minimum Gasteiger partial charge on any atom is -0.384 e. The molecule has 0 bridgehead atoms. The average molecular weight is 267 g/mol. The van der Waals surface area contributed by atoms with E-state index < -0.39 is 0 Å². The highest BCUT2D eigenvalue weighted by Gasteiger charge is 2.14. The number of methoxy groups -OCH3 is 1. The smallest absolute Gasteiger partial charge is 0.0640 e. The lowest BCUT2D eigenvalue weighted by Gasteiger charge is -2.20. The Labute approximate surface area is 117 Å². The average Bonchev–Trinajstić information content (AvgIpc) is 2.78. The Bertz CT molecular complexity index is 349. The van der Waals surface area contributed by atoms with E-state index in [1.54, 1.807) is 7.11 Å². The fourth-order valence-corrected chi connectivity index (χ4v) is 2.39. The van der Waals surface area contributed by atoms with E-state index in [0.29, 0.717) is 18.0 Å². The maximum Gasteiger partial charge on any atom is 0.0640 e. The number of rotatable bonds is 9. The van der Waals surface area contributed by atoms with Crippen LogP contribution in [0.2, 0.25) is 0 Å². The fourth-order valence-electron chi connectivity index (χ4n) is 2.39. The lowest BCUT2D eigenvalue weighted by Crippen LogP contribution is -2.33. The minimum absolute atomic E-state index is 0.429. The van der Waals surface area contributed by atoms with Gasteiger partial charge in [-0.05, 0) is 38.8 Å². The first-order valence-electron chi connectivity index (χ1n) is 7.33. The molecule has 0 saturated heterocycles. The summed E-state index contributed by atoms with van der Waals surface area (Å²) in [5.74, 6) is 0.571. The van der Waals surface area contributed by atoms with Crippen LogP contribution in [0.1, 0.15) is 45.9 Å². The molecule has 4 heteroatoms. The molecule has 1 heterocycles. The third-order valence-corrected chi connectivity index (χ3v) is 3.28. The zero-order valence-electron chi connectivity index (χ0n) is 13.0. The largest absolute Gasteiger partial charge is 0.384 e. The quantitative estimate of drug-likeness (QED) is 0.747. The van der Waals surface area contributed by atoms with Crippen molar-refractivity contribution in [2.45, 2.75) is 52.6 Å². The highest BCUT2D eigenvalue weighted by atomic mass is 16.5. The van der Waals surface area contributed by atoms with E-state index in [0.717, 1.165) is 26.0 Å². The van der Waals surface area contributed by atoms with E-state index in [-0.39, 0.29) is 0 Å². The first kappa shape index (κ1) is 16.2. The molecule has 0 aliphatic carbocycles. The van der Waals surface area contributed by atoms with Gasteiger partial charge in [0.15, 0.2) is 0 Å². The van der Waals surface area contributed by atoms with Crippen molar-refractivity contribution in [3.05, 3.63) is 18.0 Å². The van der Waals surface area contributed by atoms with Crippen LogP contribution in [0.25, 0.3) is 0 Å². The summed E-state index contributed by atoms with van der Waals surface area (Å²) in [5, 5.41) is 8.18. The van der Waals surface area contributed by atoms with Crippen LogP contribution in [0.15, 0.2) is 12.3 Å². The Morgan fingerprint density at radius 3 is 2.63 bits per heavy atom. The van der Waals surface area contributed by atoms with E-state index in [1.807, 2.05) is 4.68 Å². The van der Waals surface area contributed by atoms with E-state index in [9.17, 15) is 0 Å². The number of nitrogens with zero attached hydrogens (tertiary/aromatic N) is 2. The van der Waals surface area contributed by atoms with Gasteiger partial charge in [-0.1, -0.05) is 13.8 Å². The topological polar surface area (TPSA) is 39.1 Å². The van der Waals surface area contributed by atoms with E-state index in [1.165, 1.54) is 5.69 Å². The summed E-state index contributed by atoms with van der Waals surface area (Å²) in [4.78, 5) is 0. The zero-order chi connectivity index (χ0) is 14.3. The van der Waals surface area contributed by atoms with E-state index >= 15 is 0 Å². The highest BCUT2D eigenvalue weighted by Crippen LogP contribution is 2.12. The SMILES string of the molecule is CCNC(Cc1ccn(C(C)C)n1)CC(C)COC. The molecule has 0 aliphatic rings. The second-order valence-corrected chi connectivity index (χ2v) is 5.64. The molecule has 1 N–H and O–H groups in total. The Kier molecular flexibility index (Phi) is 7.10. The summed E-state index contributed by atoms with van der Waals surface area (Å²) in [5.41, 5.74) is 1.17. The molecular formula is C15H29N3O. The summed E-state index contributed by atoms with van der Waals surface area (Å²) in [6.07, 6.45) is 4.18. The third kappa shape index (κ3) is 5.74. The predicted molar refractivity (Wildman–Crippen MR) is 79.4 cm³/mol. The van der Waals surface area contributed by atoms with Crippen LogP contribution in [-0.2, 0) is 11.2 Å². The van der Waals surface area contributed by atoms with Gasteiger partial charge in [0.1, 0.15) is 0 Å². The lowest BCUT2D eigenvalue weighted by molar-refractivity contribution is 0.149. The van der Waals surface area contributed by atoms with Crippen molar-refractivity contribution in [2.75, 3.05) is 20.3 Å². The fraction of sp³-hybridized carbons (Fsp3) is 0.800. The van der Waals surface area contributed by atoms with Gasteiger partial charge in [0.05, 0.1) is 5.69 Å². The molecular weight excluding hydrogens is 238 g/mol. The van der Waals surface area contributed by atoms with Crippen molar-refractivity contribution in [1.29, 1.82) is 0 Å². The Balaban J connectivity index is 2.56. The predicted octanol–water partition coefficient (Wildman–Crippen LogP) is 2.66. The van der Waals surface area contributed by atoms with Crippen molar-refractivity contribution < 1.29 is 4.74 Å². The second kappa shape index (κ2) is 8.33. The summed E-state index contributed by atoms with van der Waals surface area (Å²) < 4.78 is 7.25. The van der Waals surface area contributed by atoms with Gasteiger partial charge < -0.3 is 10.1 Å². The normalized spacial score (nSPS) is 14.8. The van der Waals surface area contributed by atoms with Crippen LogP contribution in [0.3, 0.4) is 0 Å². The summed E-state index contributed by atoms with van der Waals surface area (Å²) in [7, 11) is 1.77. The molecule has 0 radical (unpaired) electrons. The number of nitrogens with one attached hydrogen (secondary N) is 1. The van der Waals surface area contributed by atoms with Crippen LogP contribution in [0.4, 0.5) is 0 Å². The van der Waals surface area contributed by atoms with Crippen molar-refractivity contribution >= 4 is 0 Å². The van der Waals surface area contributed by atoms with Gasteiger partial charge in [-0.15, -0.1) is 0 Å². The van der Waals surface area contributed by atoms with Crippen LogP contribution < -0.4 is 5.32 Å². The first-order chi connectivity index (χ1) is 9.06. The van der Waals surface area contributed by atoms with Crippen LogP contribution in [0, 0.1) is 5.92 Å². The second-order valence-electron chi connectivity index (χ2n) is 5.64. The number of hydrogen-bond donors (Lipinski definition) is 1. The molecule has 1 rings (SSSR count). The Morgan fingerprint density at radius 1 is 1.37 bits per heavy atom. The molecule has 0 spiro atoms. The molecule has 2 atom stereocenters. The summed E-state index contributed by atoms with van der Waals surface area (Å²) >= 11 is 0. The van der Waals surface area contributed by atoms with Crippen molar-refractivity contribution in [2.24, 2.45) is 5.92 Å². The van der Waals surface area contributed by atoms with Gasteiger partial charge in [0.2, 0.25) is 0 Å². The molecule has 0 amide bonds. The molecule has 0 aromatic carbocycles. The molecule has 0 fully saturated rings.